The predicted molar refractivity (Wildman–Crippen MR) is 90.8 cm³/mol. The third-order valence-corrected chi connectivity index (χ3v) is 8.16. The fourth-order valence-corrected chi connectivity index (χ4v) is 6.57. The van der Waals surface area contributed by atoms with E-state index < -0.39 is 0 Å². The molecule has 0 aromatic carbocycles. The molecule has 2 aliphatic carbocycles. The van der Waals surface area contributed by atoms with Crippen LogP contribution in [0.4, 0.5) is 0 Å². The Morgan fingerprint density at radius 1 is 0.909 bits per heavy atom. The number of rotatable bonds is 1. The van der Waals surface area contributed by atoms with Gasteiger partial charge >= 0.3 is 0 Å². The quantitative estimate of drug-likeness (QED) is 0.743. The molecule has 1 heterocycles. The standard InChI is InChI=1S/C20H36O2/c1-7-18(4)11-8-15-19(5)12-10-16(21)17(2,3)14(19)9-13-20(15,6)22-18/h14-16,21H,7-13H2,1-6H3/t14-,15+,16+,18-,19-,20+/m0/s1. The molecule has 3 aliphatic rings. The summed E-state index contributed by atoms with van der Waals surface area (Å²) >= 11 is 0. The minimum atomic E-state index is -0.139. The van der Waals surface area contributed by atoms with Gasteiger partial charge in [-0.1, -0.05) is 27.7 Å². The van der Waals surface area contributed by atoms with Gasteiger partial charge < -0.3 is 9.84 Å². The Kier molecular flexibility index (Phi) is 3.78. The molecule has 0 bridgehead atoms. The topological polar surface area (TPSA) is 29.5 Å². The third-order valence-electron chi connectivity index (χ3n) is 8.16. The smallest absolute Gasteiger partial charge is 0.0695 e. The highest BCUT2D eigenvalue weighted by atomic mass is 16.5. The van der Waals surface area contributed by atoms with Gasteiger partial charge in [0.15, 0.2) is 0 Å². The molecule has 0 unspecified atom stereocenters. The first-order valence-electron chi connectivity index (χ1n) is 9.46. The number of aliphatic hydroxyl groups is 1. The third kappa shape index (κ3) is 2.20. The van der Waals surface area contributed by atoms with Crippen molar-refractivity contribution in [3.8, 4) is 0 Å². The molecular formula is C20H36O2. The summed E-state index contributed by atoms with van der Waals surface area (Å²) < 4.78 is 6.76. The van der Waals surface area contributed by atoms with E-state index in [2.05, 4.69) is 41.5 Å². The van der Waals surface area contributed by atoms with Gasteiger partial charge in [-0.15, -0.1) is 0 Å². The van der Waals surface area contributed by atoms with Crippen molar-refractivity contribution < 1.29 is 9.84 Å². The monoisotopic (exact) mass is 308 g/mol. The molecule has 0 aromatic rings. The molecule has 1 saturated heterocycles. The average molecular weight is 309 g/mol. The van der Waals surface area contributed by atoms with Gasteiger partial charge in [0, 0.05) is 0 Å². The van der Waals surface area contributed by atoms with E-state index in [-0.39, 0.29) is 22.7 Å². The molecule has 2 nitrogen and oxygen atoms in total. The zero-order chi connectivity index (χ0) is 16.4. The van der Waals surface area contributed by atoms with Crippen molar-refractivity contribution in [2.45, 2.75) is 104 Å². The molecule has 2 saturated carbocycles. The molecule has 0 spiro atoms. The Hall–Kier alpha value is -0.0800. The summed E-state index contributed by atoms with van der Waals surface area (Å²) in [5.74, 6) is 1.27. The van der Waals surface area contributed by atoms with Crippen molar-refractivity contribution in [1.82, 2.24) is 0 Å². The van der Waals surface area contributed by atoms with Crippen LogP contribution in [-0.4, -0.2) is 22.4 Å². The molecule has 128 valence electrons. The summed E-state index contributed by atoms with van der Waals surface area (Å²) in [7, 11) is 0. The minimum Gasteiger partial charge on any atom is -0.393 e. The predicted octanol–water partition coefficient (Wildman–Crippen LogP) is 4.94. The van der Waals surface area contributed by atoms with E-state index in [0.29, 0.717) is 17.3 Å². The molecule has 1 N–H and O–H groups in total. The van der Waals surface area contributed by atoms with E-state index in [1.807, 2.05) is 0 Å². The van der Waals surface area contributed by atoms with Crippen molar-refractivity contribution in [2.24, 2.45) is 22.7 Å². The first kappa shape index (κ1) is 16.8. The second-order valence-electron chi connectivity index (χ2n) is 9.78. The molecule has 0 aromatic heterocycles. The van der Waals surface area contributed by atoms with Crippen molar-refractivity contribution >= 4 is 0 Å². The van der Waals surface area contributed by atoms with Gasteiger partial charge in [-0.2, -0.15) is 0 Å². The van der Waals surface area contributed by atoms with Crippen LogP contribution in [0, 0.1) is 22.7 Å². The van der Waals surface area contributed by atoms with Crippen molar-refractivity contribution in [3.05, 3.63) is 0 Å². The van der Waals surface area contributed by atoms with Crippen LogP contribution >= 0.6 is 0 Å². The summed E-state index contributed by atoms with van der Waals surface area (Å²) in [5, 5.41) is 10.5. The van der Waals surface area contributed by atoms with E-state index in [0.717, 1.165) is 25.7 Å². The van der Waals surface area contributed by atoms with Crippen LogP contribution in [0.15, 0.2) is 0 Å². The van der Waals surface area contributed by atoms with Gasteiger partial charge in [-0.25, -0.2) is 0 Å². The van der Waals surface area contributed by atoms with E-state index >= 15 is 0 Å². The molecule has 6 atom stereocenters. The van der Waals surface area contributed by atoms with E-state index in [9.17, 15) is 5.11 Å². The molecule has 1 aliphatic heterocycles. The lowest BCUT2D eigenvalue weighted by molar-refractivity contribution is -0.273. The Balaban J connectivity index is 1.94. The number of fused-ring (bicyclic) bond motifs is 3. The van der Waals surface area contributed by atoms with Gasteiger partial charge in [-0.05, 0) is 81.5 Å². The van der Waals surface area contributed by atoms with Gasteiger partial charge in [-0.3, -0.25) is 0 Å². The first-order valence-corrected chi connectivity index (χ1v) is 9.46. The van der Waals surface area contributed by atoms with Crippen LogP contribution < -0.4 is 0 Å². The summed E-state index contributed by atoms with van der Waals surface area (Å²) in [6, 6.07) is 0. The molecule has 3 rings (SSSR count). The lowest BCUT2D eigenvalue weighted by Crippen LogP contribution is -2.64. The summed E-state index contributed by atoms with van der Waals surface area (Å²) in [5.41, 5.74) is 0.468. The van der Waals surface area contributed by atoms with Crippen molar-refractivity contribution in [2.75, 3.05) is 0 Å². The zero-order valence-corrected chi connectivity index (χ0v) is 15.5. The summed E-state index contributed by atoms with van der Waals surface area (Å²) in [6.07, 6.45) is 7.93. The maximum absolute atomic E-state index is 10.5. The van der Waals surface area contributed by atoms with Crippen LogP contribution in [0.1, 0.15) is 86.5 Å². The Labute approximate surface area is 137 Å². The van der Waals surface area contributed by atoms with Crippen LogP contribution in [0.3, 0.4) is 0 Å². The summed E-state index contributed by atoms with van der Waals surface area (Å²) in [6.45, 7) is 14.0. The highest BCUT2D eigenvalue weighted by Gasteiger charge is 2.62. The molecule has 0 radical (unpaired) electrons. The zero-order valence-electron chi connectivity index (χ0n) is 15.5. The normalized spacial score (nSPS) is 54.4. The van der Waals surface area contributed by atoms with Crippen molar-refractivity contribution in [3.63, 3.8) is 0 Å². The van der Waals surface area contributed by atoms with Crippen LogP contribution in [0.2, 0.25) is 0 Å². The average Bonchev–Trinajstić information content (AvgIpc) is 2.42. The van der Waals surface area contributed by atoms with Crippen LogP contribution in [0.5, 0.6) is 0 Å². The Bertz CT molecular complexity index is 445. The summed E-state index contributed by atoms with van der Waals surface area (Å²) in [4.78, 5) is 0. The van der Waals surface area contributed by atoms with Gasteiger partial charge in [0.25, 0.3) is 0 Å². The molecular weight excluding hydrogens is 272 g/mol. The number of ether oxygens (including phenoxy) is 1. The maximum Gasteiger partial charge on any atom is 0.0695 e. The Morgan fingerprint density at radius 2 is 1.55 bits per heavy atom. The van der Waals surface area contributed by atoms with E-state index in [1.54, 1.807) is 0 Å². The highest BCUT2D eigenvalue weighted by molar-refractivity contribution is 5.12. The van der Waals surface area contributed by atoms with Gasteiger partial charge in [0.1, 0.15) is 0 Å². The fraction of sp³-hybridized carbons (Fsp3) is 1.00. The molecule has 22 heavy (non-hydrogen) atoms. The van der Waals surface area contributed by atoms with Crippen LogP contribution in [0.25, 0.3) is 0 Å². The lowest BCUT2D eigenvalue weighted by Gasteiger charge is -2.66. The number of hydrogen-bond donors (Lipinski definition) is 1. The minimum absolute atomic E-state index is 0.0344. The molecule has 2 heteroatoms. The number of hydrogen-bond acceptors (Lipinski definition) is 2. The highest BCUT2D eigenvalue weighted by Crippen LogP contribution is 2.65. The number of aliphatic hydroxyl groups excluding tert-OH is 1. The second kappa shape index (κ2) is 4.96. The van der Waals surface area contributed by atoms with Crippen molar-refractivity contribution in [1.29, 1.82) is 0 Å². The Morgan fingerprint density at radius 3 is 2.18 bits per heavy atom. The lowest BCUT2D eigenvalue weighted by atomic mass is 9.44. The molecule has 0 amide bonds. The molecule has 3 fully saturated rings. The van der Waals surface area contributed by atoms with Gasteiger partial charge in [0.05, 0.1) is 17.3 Å². The SMILES string of the molecule is CC[C@@]1(C)CC[C@@H]2[C@@]3(C)CC[C@@H](O)C(C)(C)[C@@H]3CC[C@@]2(C)O1. The van der Waals surface area contributed by atoms with E-state index in [4.69, 9.17) is 4.74 Å². The largest absolute Gasteiger partial charge is 0.393 e. The fourth-order valence-electron chi connectivity index (χ4n) is 6.57. The maximum atomic E-state index is 10.5. The van der Waals surface area contributed by atoms with Crippen LogP contribution in [-0.2, 0) is 4.74 Å². The van der Waals surface area contributed by atoms with Gasteiger partial charge in [0.2, 0.25) is 0 Å². The first-order chi connectivity index (χ1) is 10.1. The second-order valence-corrected chi connectivity index (χ2v) is 9.78. The van der Waals surface area contributed by atoms with E-state index in [1.165, 1.54) is 19.3 Å².